The second-order valence-corrected chi connectivity index (χ2v) is 14.8. The van der Waals surface area contributed by atoms with Crippen LogP contribution in [-0.2, 0) is 15.7 Å². The van der Waals surface area contributed by atoms with Gasteiger partial charge in [-0.1, -0.05) is 0 Å². The molecule has 2 atom stereocenters. The van der Waals surface area contributed by atoms with E-state index in [1.54, 1.807) is 18.1 Å². The van der Waals surface area contributed by atoms with Crippen LogP contribution in [0.15, 0.2) is 35.4 Å². The maximum atomic E-state index is 14.3. The highest BCUT2D eigenvalue weighted by atomic mass is 32.2. The number of fused-ring (bicyclic) bond motifs is 3. The highest BCUT2D eigenvalue weighted by molar-refractivity contribution is 7.99. The van der Waals surface area contributed by atoms with Gasteiger partial charge in [0.15, 0.2) is 0 Å². The number of rotatable bonds is 9. The van der Waals surface area contributed by atoms with Crippen LogP contribution in [0.25, 0.3) is 10.6 Å². The summed E-state index contributed by atoms with van der Waals surface area (Å²) in [6, 6.07) is 9.02. The summed E-state index contributed by atoms with van der Waals surface area (Å²) < 4.78 is 53.3. The van der Waals surface area contributed by atoms with Crippen molar-refractivity contribution >= 4 is 46.3 Å². The van der Waals surface area contributed by atoms with E-state index in [1.807, 2.05) is 6.07 Å². The van der Waals surface area contributed by atoms with Gasteiger partial charge < -0.3 is 24.6 Å². The lowest BCUT2D eigenvalue weighted by atomic mass is 10.1. The molecule has 0 radical (unpaired) electrons. The fourth-order valence-corrected chi connectivity index (χ4v) is 9.38. The van der Waals surface area contributed by atoms with Crippen LogP contribution in [0.5, 0.6) is 0 Å². The van der Waals surface area contributed by atoms with E-state index >= 15 is 0 Å². The summed E-state index contributed by atoms with van der Waals surface area (Å²) in [5.74, 6) is 1.00. The highest BCUT2D eigenvalue weighted by Crippen LogP contribution is 2.47. The summed E-state index contributed by atoms with van der Waals surface area (Å²) in [6.07, 6.45) is -0.510. The summed E-state index contributed by atoms with van der Waals surface area (Å²) in [5.41, 5.74) is 2.01. The topological polar surface area (TPSA) is 83.1 Å². The lowest BCUT2D eigenvalue weighted by Gasteiger charge is -2.36. The molecule has 244 valence electrons. The van der Waals surface area contributed by atoms with Crippen molar-refractivity contribution in [2.24, 2.45) is 0 Å². The molecule has 14 heteroatoms. The first-order valence-electron chi connectivity index (χ1n) is 15.8. The molecule has 2 unspecified atom stereocenters. The minimum absolute atomic E-state index is 0.00782. The van der Waals surface area contributed by atoms with Gasteiger partial charge in [-0.05, 0) is 55.0 Å². The Labute approximate surface area is 273 Å². The number of hydrogen-bond donors (Lipinski definition) is 1. The number of aromatic nitrogens is 2. The minimum atomic E-state index is -4.66. The largest absolute Gasteiger partial charge is 0.420 e. The van der Waals surface area contributed by atoms with E-state index in [0.29, 0.717) is 58.2 Å². The Hall–Kier alpha value is -2.91. The molecule has 2 bridgehead atoms. The third-order valence-electron chi connectivity index (χ3n) is 9.70. The first-order chi connectivity index (χ1) is 22.3. The molecule has 9 nitrogen and oxygen atoms in total. The lowest BCUT2D eigenvalue weighted by Crippen LogP contribution is -2.52. The van der Waals surface area contributed by atoms with Crippen LogP contribution in [-0.4, -0.2) is 103 Å². The molecular weight excluding hydrogens is 638 g/mol. The number of anilines is 3. The van der Waals surface area contributed by atoms with Gasteiger partial charge >= 0.3 is 6.18 Å². The highest BCUT2D eigenvalue weighted by Gasteiger charge is 2.43. The number of carbonyl (C=O) groups is 1. The van der Waals surface area contributed by atoms with Gasteiger partial charge in [0.2, 0.25) is 5.95 Å². The molecule has 3 saturated heterocycles. The number of hydrogen-bond acceptors (Lipinski definition) is 10. The third-order valence-corrected chi connectivity index (χ3v) is 12.0. The fourth-order valence-electron chi connectivity index (χ4n) is 7.07. The van der Waals surface area contributed by atoms with Crippen LogP contribution in [0.1, 0.15) is 46.0 Å². The summed E-state index contributed by atoms with van der Waals surface area (Å²) in [7, 11) is 1.74. The Balaban J connectivity index is 1.07. The number of thioether (sulfide) groups is 1. The Morgan fingerprint density at radius 1 is 1.11 bits per heavy atom. The molecule has 1 amide bonds. The second-order valence-electron chi connectivity index (χ2n) is 12.7. The van der Waals surface area contributed by atoms with Gasteiger partial charge in [-0.15, -0.1) is 23.1 Å². The zero-order valence-electron chi connectivity index (χ0n) is 25.4. The predicted molar refractivity (Wildman–Crippen MR) is 171 cm³/mol. The Morgan fingerprint density at radius 2 is 1.96 bits per heavy atom. The minimum Gasteiger partial charge on any atom is -0.383 e. The molecule has 3 aromatic rings. The number of amides is 1. The Bertz CT molecular complexity index is 1650. The molecule has 0 spiro atoms. The zero-order chi connectivity index (χ0) is 31.6. The third kappa shape index (κ3) is 5.65. The summed E-state index contributed by atoms with van der Waals surface area (Å²) in [6.45, 7) is 5.25. The lowest BCUT2D eigenvalue weighted by molar-refractivity contribution is -0.137. The molecule has 4 fully saturated rings. The van der Waals surface area contributed by atoms with E-state index < -0.39 is 11.7 Å². The van der Waals surface area contributed by atoms with Crippen LogP contribution in [0, 0.1) is 0 Å². The zero-order valence-corrected chi connectivity index (χ0v) is 27.0. The van der Waals surface area contributed by atoms with Crippen molar-refractivity contribution in [3.63, 3.8) is 0 Å². The second kappa shape index (κ2) is 12.0. The SMILES string of the molecule is COCCN1CC2CC1CN2c1ccc(Nc2ncc(C(F)(F)F)c(-c3cc4c(s3)C(=O)N(C3COC3)CCS4)n2)c(C2CC2)c1. The van der Waals surface area contributed by atoms with Crippen molar-refractivity contribution in [2.75, 3.05) is 69.1 Å². The van der Waals surface area contributed by atoms with Gasteiger partial charge in [0.25, 0.3) is 5.91 Å². The van der Waals surface area contributed by atoms with Crippen LogP contribution >= 0.6 is 23.1 Å². The van der Waals surface area contributed by atoms with Crippen molar-refractivity contribution in [3.05, 3.63) is 46.5 Å². The maximum absolute atomic E-state index is 14.3. The molecule has 1 aromatic carbocycles. The van der Waals surface area contributed by atoms with Crippen LogP contribution in [0.3, 0.4) is 0 Å². The molecule has 1 aliphatic carbocycles. The van der Waals surface area contributed by atoms with E-state index in [9.17, 15) is 18.0 Å². The van der Waals surface area contributed by atoms with Crippen molar-refractivity contribution < 1.29 is 27.4 Å². The number of nitrogens with one attached hydrogen (secondary N) is 1. The standard InChI is InChI=1S/C32H35F3N6O3S2/c1-43-8-6-39-14-21-10-20(39)15-41(21)19-4-5-25(23(11-19)18-2-3-18)37-31-36-13-24(32(33,34)35)28(38-31)26-12-27-29(46-26)30(42)40(7-9-45-27)22-16-44-17-22/h4-5,11-13,18,20-22H,2-3,6-10,14-17H2,1H3,(H,36,37,38). The molecule has 4 aliphatic heterocycles. The number of nitrogens with zero attached hydrogens (tertiary/aromatic N) is 5. The van der Waals surface area contributed by atoms with Crippen molar-refractivity contribution in [1.29, 1.82) is 0 Å². The molecule has 6 heterocycles. The molecular formula is C32H35F3N6O3S2. The predicted octanol–water partition coefficient (Wildman–Crippen LogP) is 5.70. The number of halogens is 3. The van der Waals surface area contributed by atoms with E-state index in [1.165, 1.54) is 17.4 Å². The molecule has 46 heavy (non-hydrogen) atoms. The monoisotopic (exact) mass is 672 g/mol. The van der Waals surface area contributed by atoms with Crippen LogP contribution in [0.2, 0.25) is 0 Å². The molecule has 1 N–H and O–H groups in total. The van der Waals surface area contributed by atoms with Gasteiger partial charge in [-0.3, -0.25) is 9.69 Å². The van der Waals surface area contributed by atoms with Crippen molar-refractivity contribution in [3.8, 4) is 10.6 Å². The molecule has 8 rings (SSSR count). The van der Waals surface area contributed by atoms with Gasteiger partial charge in [0, 0.05) is 73.6 Å². The maximum Gasteiger partial charge on any atom is 0.420 e. The average Bonchev–Trinajstić information content (AvgIpc) is 3.51. The number of carbonyl (C=O) groups excluding carboxylic acids is 1. The number of alkyl halides is 3. The van der Waals surface area contributed by atoms with Crippen molar-refractivity contribution in [2.45, 2.75) is 54.4 Å². The summed E-state index contributed by atoms with van der Waals surface area (Å²) in [5, 5.41) is 3.26. The summed E-state index contributed by atoms with van der Waals surface area (Å²) >= 11 is 2.56. The van der Waals surface area contributed by atoms with Gasteiger partial charge in [-0.25, -0.2) is 9.97 Å². The number of piperazine rings is 1. The van der Waals surface area contributed by atoms with E-state index in [-0.39, 0.29) is 23.6 Å². The number of benzene rings is 1. The van der Waals surface area contributed by atoms with Crippen molar-refractivity contribution in [1.82, 2.24) is 19.8 Å². The number of ether oxygens (including phenoxy) is 2. The smallest absolute Gasteiger partial charge is 0.383 e. The number of thiophene rings is 1. The molecule has 5 aliphatic rings. The van der Waals surface area contributed by atoms with Gasteiger partial charge in [-0.2, -0.15) is 13.2 Å². The van der Waals surface area contributed by atoms with E-state index in [0.717, 1.165) is 74.3 Å². The summed E-state index contributed by atoms with van der Waals surface area (Å²) in [4.78, 5) is 30.2. The Kier molecular flexibility index (Phi) is 7.91. The van der Waals surface area contributed by atoms with Gasteiger partial charge in [0.1, 0.15) is 10.4 Å². The number of likely N-dealkylation sites (tertiary alicyclic amines) is 1. The molecule has 1 saturated carbocycles. The fraction of sp³-hybridized carbons (Fsp3) is 0.531. The first-order valence-corrected chi connectivity index (χ1v) is 17.6. The van der Waals surface area contributed by atoms with E-state index in [4.69, 9.17) is 9.47 Å². The quantitative estimate of drug-likeness (QED) is 0.308. The average molecular weight is 673 g/mol. The van der Waals surface area contributed by atoms with Gasteiger partial charge in [0.05, 0.1) is 36.4 Å². The van der Waals surface area contributed by atoms with Crippen LogP contribution < -0.4 is 10.2 Å². The number of methoxy groups -OCH3 is 1. The first kappa shape index (κ1) is 30.4. The molecule has 2 aromatic heterocycles. The Morgan fingerprint density at radius 3 is 2.65 bits per heavy atom. The van der Waals surface area contributed by atoms with Crippen LogP contribution in [0.4, 0.5) is 30.5 Å². The van der Waals surface area contributed by atoms with E-state index in [2.05, 4.69) is 37.2 Å². The normalized spacial score (nSPS) is 23.5.